The summed E-state index contributed by atoms with van der Waals surface area (Å²) in [5.41, 5.74) is 0.557. The van der Waals surface area contributed by atoms with Crippen molar-refractivity contribution in [2.45, 2.75) is 0 Å². The summed E-state index contributed by atoms with van der Waals surface area (Å²) in [7, 11) is -3.31. The first-order chi connectivity index (χ1) is 10.0. The number of amides is 1. The van der Waals surface area contributed by atoms with Gasteiger partial charge in [0.15, 0.2) is 9.84 Å². The molecule has 0 saturated carbocycles. The Hall–Kier alpha value is -2.34. The van der Waals surface area contributed by atoms with Crippen molar-refractivity contribution in [3.05, 3.63) is 54.6 Å². The van der Waals surface area contributed by atoms with E-state index in [1.54, 1.807) is 24.3 Å². The van der Waals surface area contributed by atoms with E-state index in [9.17, 15) is 13.2 Å². The minimum Gasteiger partial charge on any atom is -0.457 e. The fraction of sp³-hybridized carbons (Fsp3) is 0.133. The van der Waals surface area contributed by atoms with Gasteiger partial charge in [0.05, 0.1) is 0 Å². The highest BCUT2D eigenvalue weighted by Crippen LogP contribution is 2.26. The molecule has 2 aromatic carbocycles. The molecule has 0 unspecified atom stereocenters. The molecule has 3 rings (SSSR count). The Kier molecular flexibility index (Phi) is 3.39. The van der Waals surface area contributed by atoms with Crippen LogP contribution in [0.1, 0.15) is 0 Å². The fourth-order valence-corrected chi connectivity index (χ4v) is 3.43. The number of para-hydroxylation sites is 1. The van der Waals surface area contributed by atoms with Crippen LogP contribution in [0.3, 0.4) is 0 Å². The number of carbonyl (C=O) groups is 1. The van der Waals surface area contributed by atoms with Crippen LogP contribution < -0.4 is 9.64 Å². The molecular formula is C15H13NO4S. The van der Waals surface area contributed by atoms with Gasteiger partial charge in [-0.05, 0) is 36.4 Å². The van der Waals surface area contributed by atoms with Gasteiger partial charge in [-0.3, -0.25) is 9.69 Å². The third-order valence-corrected chi connectivity index (χ3v) is 4.44. The molecule has 21 heavy (non-hydrogen) atoms. The Balaban J connectivity index is 1.77. The van der Waals surface area contributed by atoms with Crippen molar-refractivity contribution >= 4 is 21.4 Å². The van der Waals surface area contributed by atoms with Crippen LogP contribution in [-0.4, -0.2) is 26.0 Å². The molecule has 0 spiro atoms. The van der Waals surface area contributed by atoms with E-state index in [4.69, 9.17) is 4.74 Å². The predicted molar refractivity (Wildman–Crippen MR) is 79.1 cm³/mol. The van der Waals surface area contributed by atoms with Crippen molar-refractivity contribution in [1.29, 1.82) is 0 Å². The summed E-state index contributed by atoms with van der Waals surface area (Å²) >= 11 is 0. The van der Waals surface area contributed by atoms with Crippen molar-refractivity contribution in [2.24, 2.45) is 0 Å². The molecule has 0 radical (unpaired) electrons. The van der Waals surface area contributed by atoms with Gasteiger partial charge in [-0.15, -0.1) is 0 Å². The van der Waals surface area contributed by atoms with E-state index in [0.717, 1.165) is 0 Å². The lowest BCUT2D eigenvalue weighted by atomic mass is 10.2. The summed E-state index contributed by atoms with van der Waals surface area (Å²) in [4.78, 5) is 12.9. The van der Waals surface area contributed by atoms with Crippen LogP contribution in [0.5, 0.6) is 11.5 Å². The molecule has 0 N–H and O–H groups in total. The first-order valence-corrected chi connectivity index (χ1v) is 8.19. The summed E-state index contributed by atoms with van der Waals surface area (Å²) in [6.07, 6.45) is 0. The third-order valence-electron chi connectivity index (χ3n) is 3.10. The van der Waals surface area contributed by atoms with Crippen molar-refractivity contribution in [3.8, 4) is 11.5 Å². The molecule has 2 aromatic rings. The molecule has 1 aliphatic heterocycles. The van der Waals surface area contributed by atoms with Gasteiger partial charge in [0.2, 0.25) is 5.91 Å². The Bertz CT molecular complexity index is 754. The lowest BCUT2D eigenvalue weighted by molar-refractivity contribution is -0.115. The van der Waals surface area contributed by atoms with Crippen LogP contribution in [0, 0.1) is 0 Å². The van der Waals surface area contributed by atoms with E-state index in [-0.39, 0.29) is 5.88 Å². The standard InChI is InChI=1S/C15H13NO4S/c17-15-10-21(18,19)11-16(15)12-6-8-14(9-7-12)20-13-4-2-1-3-5-13/h1-9H,10-11H2. The van der Waals surface area contributed by atoms with Crippen LogP contribution in [0.15, 0.2) is 54.6 Å². The van der Waals surface area contributed by atoms with Gasteiger partial charge in [-0.25, -0.2) is 8.42 Å². The highest BCUT2D eigenvalue weighted by molar-refractivity contribution is 7.92. The smallest absolute Gasteiger partial charge is 0.243 e. The molecule has 1 amide bonds. The minimum atomic E-state index is -3.31. The average Bonchev–Trinajstić information content (AvgIpc) is 2.74. The number of carbonyl (C=O) groups excluding carboxylic acids is 1. The van der Waals surface area contributed by atoms with Crippen LogP contribution in [0.25, 0.3) is 0 Å². The number of benzene rings is 2. The zero-order chi connectivity index (χ0) is 14.9. The normalized spacial score (nSPS) is 17.0. The van der Waals surface area contributed by atoms with Gasteiger partial charge in [-0.1, -0.05) is 18.2 Å². The van der Waals surface area contributed by atoms with E-state index in [1.165, 1.54) is 4.90 Å². The number of nitrogens with zero attached hydrogens (tertiary/aromatic N) is 1. The van der Waals surface area contributed by atoms with Crippen LogP contribution in [0.4, 0.5) is 5.69 Å². The Morgan fingerprint density at radius 1 is 0.905 bits per heavy atom. The molecule has 0 atom stereocenters. The molecular weight excluding hydrogens is 290 g/mol. The number of ether oxygens (including phenoxy) is 1. The summed E-state index contributed by atoms with van der Waals surface area (Å²) in [5, 5.41) is 0. The second-order valence-corrected chi connectivity index (χ2v) is 6.78. The number of hydrogen-bond donors (Lipinski definition) is 0. The number of sulfone groups is 1. The van der Waals surface area contributed by atoms with E-state index in [1.807, 2.05) is 30.3 Å². The molecule has 108 valence electrons. The molecule has 1 saturated heterocycles. The van der Waals surface area contributed by atoms with Crippen LogP contribution >= 0.6 is 0 Å². The largest absolute Gasteiger partial charge is 0.457 e. The number of hydrogen-bond acceptors (Lipinski definition) is 4. The molecule has 6 heteroatoms. The highest BCUT2D eigenvalue weighted by Gasteiger charge is 2.33. The van der Waals surface area contributed by atoms with Crippen molar-refractivity contribution in [1.82, 2.24) is 0 Å². The first kappa shape index (κ1) is 13.6. The Morgan fingerprint density at radius 3 is 2.10 bits per heavy atom. The lowest BCUT2D eigenvalue weighted by Crippen LogP contribution is -2.25. The number of rotatable bonds is 3. The van der Waals surface area contributed by atoms with Crippen molar-refractivity contribution < 1.29 is 17.9 Å². The molecule has 0 aliphatic carbocycles. The van der Waals surface area contributed by atoms with E-state index in [0.29, 0.717) is 17.2 Å². The zero-order valence-corrected chi connectivity index (χ0v) is 11.9. The summed E-state index contributed by atoms with van der Waals surface area (Å²) in [5.74, 6) is 0.260. The minimum absolute atomic E-state index is 0.259. The van der Waals surface area contributed by atoms with Gasteiger partial charge >= 0.3 is 0 Å². The average molecular weight is 303 g/mol. The second kappa shape index (κ2) is 5.21. The second-order valence-electron chi connectivity index (χ2n) is 4.75. The Morgan fingerprint density at radius 2 is 1.52 bits per heavy atom. The quantitative estimate of drug-likeness (QED) is 0.872. The van der Waals surface area contributed by atoms with Gasteiger partial charge in [-0.2, -0.15) is 0 Å². The maximum Gasteiger partial charge on any atom is 0.243 e. The van der Waals surface area contributed by atoms with Gasteiger partial charge < -0.3 is 4.74 Å². The predicted octanol–water partition coefficient (Wildman–Crippen LogP) is 2.20. The molecule has 1 aliphatic rings. The van der Waals surface area contributed by atoms with Gasteiger partial charge in [0.25, 0.3) is 0 Å². The molecule has 0 bridgehead atoms. The van der Waals surface area contributed by atoms with Gasteiger partial charge in [0.1, 0.15) is 23.1 Å². The van der Waals surface area contributed by atoms with Gasteiger partial charge in [0, 0.05) is 5.69 Å². The van der Waals surface area contributed by atoms with E-state index in [2.05, 4.69) is 0 Å². The molecule has 1 heterocycles. The van der Waals surface area contributed by atoms with Crippen molar-refractivity contribution in [3.63, 3.8) is 0 Å². The summed E-state index contributed by atoms with van der Waals surface area (Å²) in [6.45, 7) is 0. The van der Waals surface area contributed by atoms with E-state index >= 15 is 0 Å². The fourth-order valence-electron chi connectivity index (χ4n) is 2.12. The SMILES string of the molecule is O=C1CS(=O)(=O)CN1c1ccc(Oc2ccccc2)cc1. The monoisotopic (exact) mass is 303 g/mol. The zero-order valence-electron chi connectivity index (χ0n) is 11.1. The summed E-state index contributed by atoms with van der Waals surface area (Å²) < 4.78 is 28.5. The third kappa shape index (κ3) is 3.05. The molecule has 0 aromatic heterocycles. The topological polar surface area (TPSA) is 63.7 Å². The summed E-state index contributed by atoms with van der Waals surface area (Å²) in [6, 6.07) is 16.1. The number of anilines is 1. The molecule has 1 fully saturated rings. The highest BCUT2D eigenvalue weighted by atomic mass is 32.2. The van der Waals surface area contributed by atoms with Crippen LogP contribution in [0.2, 0.25) is 0 Å². The maximum atomic E-state index is 11.7. The van der Waals surface area contributed by atoms with Crippen LogP contribution in [-0.2, 0) is 14.6 Å². The first-order valence-electron chi connectivity index (χ1n) is 6.37. The van der Waals surface area contributed by atoms with E-state index < -0.39 is 21.5 Å². The maximum absolute atomic E-state index is 11.7. The Labute approximate surface area is 122 Å². The lowest BCUT2D eigenvalue weighted by Gasteiger charge is -2.14. The molecule has 5 nitrogen and oxygen atoms in total. The van der Waals surface area contributed by atoms with Crippen molar-refractivity contribution in [2.75, 3.05) is 16.5 Å².